The highest BCUT2D eigenvalue weighted by Gasteiger charge is 2.09. The molecule has 0 amide bonds. The summed E-state index contributed by atoms with van der Waals surface area (Å²) in [7, 11) is 0. The average Bonchev–Trinajstić information content (AvgIpc) is 3.01. The lowest BCUT2D eigenvalue weighted by Crippen LogP contribution is -1.98. The third kappa shape index (κ3) is 2.59. The van der Waals surface area contributed by atoms with E-state index in [1.54, 1.807) is 29.4 Å². The van der Waals surface area contributed by atoms with Gasteiger partial charge in [0.15, 0.2) is 0 Å². The molecule has 0 aromatic carbocycles. The van der Waals surface area contributed by atoms with Crippen LogP contribution in [0.4, 0.5) is 11.6 Å². The molecule has 0 radical (unpaired) electrons. The Hall–Kier alpha value is -3.35. The molecule has 23 heavy (non-hydrogen) atoms. The highest BCUT2D eigenvalue weighted by Crippen LogP contribution is 2.23. The van der Waals surface area contributed by atoms with E-state index in [4.69, 9.17) is 0 Å². The molecule has 0 saturated carbocycles. The first-order valence-corrected chi connectivity index (χ1v) is 7.12. The fraction of sp³-hybridized carbons (Fsp3) is 0.0625. The standard InChI is InChI=1S/C16H13N7/c1-11-4-5-12(9-18-11)21-16-17-8-6-14(22-16)13-10-20-23-15(13)3-2-7-19-23/h2-10H,1H3,(H,17,21,22). The topological polar surface area (TPSA) is 80.9 Å². The van der Waals surface area contributed by atoms with Gasteiger partial charge in [-0.15, -0.1) is 0 Å². The Morgan fingerprint density at radius 2 is 1.91 bits per heavy atom. The summed E-state index contributed by atoms with van der Waals surface area (Å²) in [4.78, 5) is 13.1. The summed E-state index contributed by atoms with van der Waals surface area (Å²) in [6.45, 7) is 1.94. The summed E-state index contributed by atoms with van der Waals surface area (Å²) in [5.74, 6) is 0.511. The molecule has 4 heterocycles. The van der Waals surface area contributed by atoms with Crippen molar-refractivity contribution in [3.05, 3.63) is 60.8 Å². The van der Waals surface area contributed by atoms with Crippen molar-refractivity contribution >= 4 is 17.2 Å². The quantitative estimate of drug-likeness (QED) is 0.626. The van der Waals surface area contributed by atoms with Gasteiger partial charge in [-0.3, -0.25) is 4.98 Å². The van der Waals surface area contributed by atoms with Crippen LogP contribution < -0.4 is 5.32 Å². The number of fused-ring (bicyclic) bond motifs is 1. The molecule has 0 aliphatic heterocycles. The molecule has 0 spiro atoms. The number of nitrogens with zero attached hydrogens (tertiary/aromatic N) is 6. The predicted octanol–water partition coefficient (Wildman–Crippen LogP) is 2.63. The first-order valence-electron chi connectivity index (χ1n) is 7.12. The van der Waals surface area contributed by atoms with E-state index in [9.17, 15) is 0 Å². The number of aryl methyl sites for hydroxylation is 1. The second-order valence-corrected chi connectivity index (χ2v) is 5.04. The summed E-state index contributed by atoms with van der Waals surface area (Å²) >= 11 is 0. The van der Waals surface area contributed by atoms with Crippen molar-refractivity contribution in [1.82, 2.24) is 29.8 Å². The minimum absolute atomic E-state index is 0.511. The van der Waals surface area contributed by atoms with Crippen LogP contribution in [0, 0.1) is 6.92 Å². The summed E-state index contributed by atoms with van der Waals surface area (Å²) in [5, 5.41) is 11.6. The summed E-state index contributed by atoms with van der Waals surface area (Å²) in [6, 6.07) is 9.55. The van der Waals surface area contributed by atoms with Gasteiger partial charge in [0.05, 0.1) is 29.3 Å². The van der Waals surface area contributed by atoms with E-state index in [0.29, 0.717) is 5.95 Å². The van der Waals surface area contributed by atoms with E-state index in [-0.39, 0.29) is 0 Å². The minimum atomic E-state index is 0.511. The van der Waals surface area contributed by atoms with Gasteiger partial charge in [-0.05, 0) is 37.3 Å². The van der Waals surface area contributed by atoms with Crippen LogP contribution in [0.3, 0.4) is 0 Å². The molecule has 0 aliphatic carbocycles. The zero-order valence-corrected chi connectivity index (χ0v) is 12.4. The van der Waals surface area contributed by atoms with E-state index in [0.717, 1.165) is 28.2 Å². The van der Waals surface area contributed by atoms with Crippen LogP contribution in [0.2, 0.25) is 0 Å². The number of aromatic nitrogens is 6. The largest absolute Gasteiger partial charge is 0.323 e. The van der Waals surface area contributed by atoms with Crippen molar-refractivity contribution in [2.45, 2.75) is 6.92 Å². The van der Waals surface area contributed by atoms with Gasteiger partial charge in [-0.25, -0.2) is 9.97 Å². The zero-order valence-electron chi connectivity index (χ0n) is 12.4. The third-order valence-corrected chi connectivity index (χ3v) is 3.40. The lowest BCUT2D eigenvalue weighted by Gasteiger charge is -2.06. The van der Waals surface area contributed by atoms with Crippen molar-refractivity contribution < 1.29 is 0 Å². The lowest BCUT2D eigenvalue weighted by molar-refractivity contribution is 0.800. The molecule has 0 unspecified atom stereocenters. The molecular weight excluding hydrogens is 290 g/mol. The molecule has 0 atom stereocenters. The Labute approximate surface area is 132 Å². The van der Waals surface area contributed by atoms with Crippen LogP contribution in [0.25, 0.3) is 16.8 Å². The zero-order chi connectivity index (χ0) is 15.6. The maximum atomic E-state index is 4.55. The van der Waals surface area contributed by atoms with Gasteiger partial charge in [-0.1, -0.05) is 0 Å². The van der Waals surface area contributed by atoms with Crippen LogP contribution in [0.5, 0.6) is 0 Å². The Morgan fingerprint density at radius 1 is 0.957 bits per heavy atom. The summed E-state index contributed by atoms with van der Waals surface area (Å²) < 4.78 is 1.58. The first kappa shape index (κ1) is 13.3. The Morgan fingerprint density at radius 3 is 2.78 bits per heavy atom. The van der Waals surface area contributed by atoms with E-state index >= 15 is 0 Å². The third-order valence-electron chi connectivity index (χ3n) is 3.40. The first-order chi connectivity index (χ1) is 11.3. The second-order valence-electron chi connectivity index (χ2n) is 5.04. The molecule has 112 valence electrons. The van der Waals surface area contributed by atoms with Crippen LogP contribution in [-0.2, 0) is 0 Å². The van der Waals surface area contributed by atoms with Gasteiger partial charge in [0.25, 0.3) is 0 Å². The predicted molar refractivity (Wildman–Crippen MR) is 86.3 cm³/mol. The van der Waals surface area contributed by atoms with Crippen molar-refractivity contribution in [2.24, 2.45) is 0 Å². The molecule has 4 aromatic heterocycles. The number of pyridine rings is 1. The van der Waals surface area contributed by atoms with Crippen molar-refractivity contribution in [1.29, 1.82) is 0 Å². The number of hydrogen-bond acceptors (Lipinski definition) is 6. The molecule has 0 saturated heterocycles. The summed E-state index contributed by atoms with van der Waals surface area (Å²) in [6.07, 6.45) is 6.92. The maximum Gasteiger partial charge on any atom is 0.227 e. The molecule has 0 fully saturated rings. The van der Waals surface area contributed by atoms with E-state index in [1.165, 1.54) is 0 Å². The molecule has 4 aromatic rings. The van der Waals surface area contributed by atoms with E-state index in [2.05, 4.69) is 30.5 Å². The Balaban J connectivity index is 1.70. The fourth-order valence-corrected chi connectivity index (χ4v) is 2.27. The molecule has 0 bridgehead atoms. The lowest BCUT2D eigenvalue weighted by atomic mass is 10.2. The summed E-state index contributed by atoms with van der Waals surface area (Å²) in [5.41, 5.74) is 4.39. The normalized spacial score (nSPS) is 10.8. The second kappa shape index (κ2) is 5.45. The average molecular weight is 303 g/mol. The highest BCUT2D eigenvalue weighted by atomic mass is 15.4. The van der Waals surface area contributed by atoms with Crippen LogP contribution >= 0.6 is 0 Å². The monoisotopic (exact) mass is 303 g/mol. The smallest absolute Gasteiger partial charge is 0.227 e. The maximum absolute atomic E-state index is 4.55. The van der Waals surface area contributed by atoms with Gasteiger partial charge < -0.3 is 5.32 Å². The molecule has 4 rings (SSSR count). The van der Waals surface area contributed by atoms with Crippen molar-refractivity contribution in [3.63, 3.8) is 0 Å². The minimum Gasteiger partial charge on any atom is -0.323 e. The van der Waals surface area contributed by atoms with Crippen molar-refractivity contribution in [2.75, 3.05) is 5.32 Å². The van der Waals surface area contributed by atoms with Gasteiger partial charge in [-0.2, -0.15) is 14.8 Å². The fourth-order valence-electron chi connectivity index (χ4n) is 2.27. The molecule has 7 heteroatoms. The number of hydrogen-bond donors (Lipinski definition) is 1. The van der Waals surface area contributed by atoms with Gasteiger partial charge in [0.1, 0.15) is 0 Å². The number of rotatable bonds is 3. The Bertz CT molecular complexity index is 960. The van der Waals surface area contributed by atoms with Gasteiger partial charge in [0.2, 0.25) is 5.95 Å². The molecule has 7 nitrogen and oxygen atoms in total. The van der Waals surface area contributed by atoms with Crippen LogP contribution in [0.1, 0.15) is 5.69 Å². The number of anilines is 2. The van der Waals surface area contributed by atoms with Crippen LogP contribution in [0.15, 0.2) is 55.1 Å². The number of nitrogens with one attached hydrogen (secondary N) is 1. The van der Waals surface area contributed by atoms with Crippen molar-refractivity contribution in [3.8, 4) is 11.3 Å². The SMILES string of the molecule is Cc1ccc(Nc2nccc(-c3cnn4ncccc34)n2)cn1. The molecule has 1 N–H and O–H groups in total. The van der Waals surface area contributed by atoms with Gasteiger partial charge in [0, 0.05) is 23.7 Å². The van der Waals surface area contributed by atoms with Crippen LogP contribution in [-0.4, -0.2) is 29.8 Å². The van der Waals surface area contributed by atoms with E-state index in [1.807, 2.05) is 37.3 Å². The molecule has 0 aliphatic rings. The molecular formula is C16H13N7. The van der Waals surface area contributed by atoms with E-state index < -0.39 is 0 Å². The highest BCUT2D eigenvalue weighted by molar-refractivity contribution is 5.77. The van der Waals surface area contributed by atoms with Gasteiger partial charge >= 0.3 is 0 Å². The Kier molecular flexibility index (Phi) is 3.16.